The lowest BCUT2D eigenvalue weighted by atomic mass is 10.0. The smallest absolute Gasteiger partial charge is 0.229 e. The molecule has 2 heterocycles. The van der Waals surface area contributed by atoms with Crippen molar-refractivity contribution in [2.75, 3.05) is 16.3 Å². The Morgan fingerprint density at radius 2 is 1.88 bits per heavy atom. The normalized spacial score (nSPS) is 11.2. The lowest BCUT2D eigenvalue weighted by Crippen LogP contribution is -2.10. The number of hydrogen-bond acceptors (Lipinski definition) is 6. The lowest BCUT2D eigenvalue weighted by molar-refractivity contribution is 0.606. The van der Waals surface area contributed by atoms with Crippen LogP contribution in [0.5, 0.6) is 0 Å². The van der Waals surface area contributed by atoms with Gasteiger partial charge in [0.25, 0.3) is 0 Å². The van der Waals surface area contributed by atoms with E-state index in [9.17, 15) is 18.1 Å². The summed E-state index contributed by atoms with van der Waals surface area (Å²) in [5.74, 6) is -0.347. The van der Waals surface area contributed by atoms with Gasteiger partial charge >= 0.3 is 0 Å². The Labute approximate surface area is 194 Å². The highest BCUT2D eigenvalue weighted by atomic mass is 35.5. The third-order valence-electron chi connectivity index (χ3n) is 4.87. The monoisotopic (exact) mass is 481 g/mol. The molecule has 0 saturated carbocycles. The van der Waals surface area contributed by atoms with Crippen LogP contribution >= 0.6 is 11.6 Å². The summed E-state index contributed by atoms with van der Waals surface area (Å²) in [4.78, 5) is 8.41. The van der Waals surface area contributed by atoms with Gasteiger partial charge in [0.15, 0.2) is 5.15 Å². The van der Waals surface area contributed by atoms with Crippen molar-refractivity contribution in [3.05, 3.63) is 83.0 Å². The molecule has 4 aromatic rings. The molecule has 0 saturated heterocycles. The summed E-state index contributed by atoms with van der Waals surface area (Å²) in [5, 5.41) is 13.4. The summed E-state index contributed by atoms with van der Waals surface area (Å²) in [6.45, 7) is 0.176. The molecule has 0 bridgehead atoms. The van der Waals surface area contributed by atoms with Crippen LogP contribution in [0.25, 0.3) is 22.0 Å². The maximum absolute atomic E-state index is 14.1. The first kappa shape index (κ1) is 22.5. The third kappa shape index (κ3) is 5.03. The third-order valence-corrected chi connectivity index (χ3v) is 5.76. The summed E-state index contributed by atoms with van der Waals surface area (Å²) in [7, 11) is -3.55. The molecule has 0 radical (unpaired) electrons. The van der Waals surface area contributed by atoms with Gasteiger partial charge in [0.2, 0.25) is 10.0 Å². The average molecular weight is 482 g/mol. The Morgan fingerprint density at radius 1 is 1.09 bits per heavy atom. The number of pyridine rings is 2. The van der Waals surface area contributed by atoms with E-state index in [2.05, 4.69) is 26.1 Å². The van der Waals surface area contributed by atoms with Crippen LogP contribution in [0.3, 0.4) is 0 Å². The predicted octanol–water partition coefficient (Wildman–Crippen LogP) is 4.94. The van der Waals surface area contributed by atoms with Gasteiger partial charge in [0.1, 0.15) is 11.9 Å². The number of fused-ring (bicyclic) bond motifs is 1. The number of sulfonamides is 1. The van der Waals surface area contributed by atoms with E-state index in [1.165, 1.54) is 18.5 Å². The number of halogens is 2. The molecular formula is C23H17ClFN5O2S. The van der Waals surface area contributed by atoms with Crippen molar-refractivity contribution in [2.45, 2.75) is 6.54 Å². The Morgan fingerprint density at radius 3 is 2.61 bits per heavy atom. The van der Waals surface area contributed by atoms with E-state index >= 15 is 0 Å². The number of nitrogens with one attached hydrogen (secondary N) is 2. The Bertz CT molecular complexity index is 1520. The van der Waals surface area contributed by atoms with Gasteiger partial charge in [-0.25, -0.2) is 17.8 Å². The zero-order valence-electron chi connectivity index (χ0n) is 17.3. The molecule has 166 valence electrons. The summed E-state index contributed by atoms with van der Waals surface area (Å²) in [5.41, 5.74) is 3.38. The zero-order valence-corrected chi connectivity index (χ0v) is 18.9. The Hall–Kier alpha value is -3.74. The summed E-state index contributed by atoms with van der Waals surface area (Å²) in [6, 6.07) is 15.5. The molecule has 0 aliphatic carbocycles. The highest BCUT2D eigenvalue weighted by molar-refractivity contribution is 7.92. The fourth-order valence-corrected chi connectivity index (χ4v) is 4.11. The summed E-state index contributed by atoms with van der Waals surface area (Å²) >= 11 is 6.04. The molecule has 2 aromatic heterocycles. The molecule has 0 aliphatic heterocycles. The topological polar surface area (TPSA) is 108 Å². The SMILES string of the molecule is CS(=O)(=O)Nc1cc(-c2ccc3ncc(C#N)c(NCc4ccccc4F)c3c2)cnc1Cl. The number of aromatic nitrogens is 2. The highest BCUT2D eigenvalue weighted by Gasteiger charge is 2.13. The first-order valence-electron chi connectivity index (χ1n) is 9.69. The minimum absolute atomic E-state index is 0.0191. The van der Waals surface area contributed by atoms with Crippen LogP contribution in [-0.4, -0.2) is 24.6 Å². The zero-order chi connectivity index (χ0) is 23.6. The Balaban J connectivity index is 1.78. The lowest BCUT2D eigenvalue weighted by Gasteiger charge is -2.14. The van der Waals surface area contributed by atoms with Crippen molar-refractivity contribution in [3.8, 4) is 17.2 Å². The minimum atomic E-state index is -3.55. The van der Waals surface area contributed by atoms with Crippen molar-refractivity contribution in [1.29, 1.82) is 5.26 Å². The maximum atomic E-state index is 14.1. The van der Waals surface area contributed by atoms with Crippen LogP contribution in [0.1, 0.15) is 11.1 Å². The fourth-order valence-electron chi connectivity index (χ4n) is 3.35. The maximum Gasteiger partial charge on any atom is 0.229 e. The van der Waals surface area contributed by atoms with Gasteiger partial charge < -0.3 is 5.32 Å². The first-order chi connectivity index (χ1) is 15.7. The molecule has 2 N–H and O–H groups in total. The molecule has 0 unspecified atom stereocenters. The van der Waals surface area contributed by atoms with Crippen LogP contribution in [0.15, 0.2) is 60.9 Å². The highest BCUT2D eigenvalue weighted by Crippen LogP contribution is 2.33. The van der Waals surface area contributed by atoms with Gasteiger partial charge in [-0.05, 0) is 29.8 Å². The number of anilines is 2. The van der Waals surface area contributed by atoms with E-state index in [0.29, 0.717) is 38.8 Å². The summed E-state index contributed by atoms with van der Waals surface area (Å²) in [6.07, 6.45) is 4.00. The molecule has 0 fully saturated rings. The molecule has 0 atom stereocenters. The van der Waals surface area contributed by atoms with Crippen LogP contribution in [0.4, 0.5) is 15.8 Å². The number of benzene rings is 2. The van der Waals surface area contributed by atoms with Crippen molar-refractivity contribution in [3.63, 3.8) is 0 Å². The predicted molar refractivity (Wildman–Crippen MR) is 127 cm³/mol. The number of hydrogen-bond donors (Lipinski definition) is 2. The van der Waals surface area contributed by atoms with Crippen LogP contribution in [0.2, 0.25) is 5.15 Å². The first-order valence-corrected chi connectivity index (χ1v) is 12.0. The van der Waals surface area contributed by atoms with E-state index in [-0.39, 0.29) is 23.2 Å². The average Bonchev–Trinajstić information content (AvgIpc) is 2.78. The van der Waals surface area contributed by atoms with Crippen LogP contribution in [-0.2, 0) is 16.6 Å². The van der Waals surface area contributed by atoms with Crippen molar-refractivity contribution in [2.24, 2.45) is 0 Å². The molecular weight excluding hydrogens is 465 g/mol. The largest absolute Gasteiger partial charge is 0.379 e. The van der Waals surface area contributed by atoms with Gasteiger partial charge in [-0.3, -0.25) is 9.71 Å². The van der Waals surface area contributed by atoms with E-state index in [4.69, 9.17) is 11.6 Å². The van der Waals surface area contributed by atoms with E-state index in [1.807, 2.05) is 6.07 Å². The van der Waals surface area contributed by atoms with Crippen molar-refractivity contribution < 1.29 is 12.8 Å². The second-order valence-corrected chi connectivity index (χ2v) is 9.38. The van der Waals surface area contributed by atoms with Gasteiger partial charge in [0.05, 0.1) is 28.7 Å². The second-order valence-electron chi connectivity index (χ2n) is 7.27. The molecule has 0 spiro atoms. The summed E-state index contributed by atoms with van der Waals surface area (Å²) < 4.78 is 39.7. The van der Waals surface area contributed by atoms with E-state index < -0.39 is 10.0 Å². The van der Waals surface area contributed by atoms with Gasteiger partial charge in [-0.1, -0.05) is 35.9 Å². The molecule has 33 heavy (non-hydrogen) atoms. The molecule has 0 aliphatic rings. The number of rotatable bonds is 6. The Kier molecular flexibility index (Phi) is 6.14. The van der Waals surface area contributed by atoms with Gasteiger partial charge in [-0.2, -0.15) is 5.26 Å². The van der Waals surface area contributed by atoms with E-state index in [0.717, 1.165) is 6.26 Å². The minimum Gasteiger partial charge on any atom is -0.379 e. The van der Waals surface area contributed by atoms with Gasteiger partial charge in [0, 0.05) is 35.5 Å². The number of nitriles is 1. The number of nitrogens with zero attached hydrogens (tertiary/aromatic N) is 3. The molecule has 2 aromatic carbocycles. The molecule has 4 rings (SSSR count). The van der Waals surface area contributed by atoms with Crippen molar-refractivity contribution in [1.82, 2.24) is 9.97 Å². The molecule has 10 heteroatoms. The second kappa shape index (κ2) is 9.02. The van der Waals surface area contributed by atoms with Crippen molar-refractivity contribution >= 4 is 43.9 Å². The van der Waals surface area contributed by atoms with Gasteiger partial charge in [-0.15, -0.1) is 0 Å². The van der Waals surface area contributed by atoms with Crippen LogP contribution < -0.4 is 10.0 Å². The van der Waals surface area contributed by atoms with Crippen LogP contribution in [0, 0.1) is 17.1 Å². The molecule has 0 amide bonds. The molecule has 7 nitrogen and oxygen atoms in total. The quantitative estimate of drug-likeness (QED) is 0.377. The van der Waals surface area contributed by atoms with E-state index in [1.54, 1.807) is 36.4 Å². The fraction of sp³-hybridized carbons (Fsp3) is 0.0870. The standard InChI is InChI=1S/C23H17ClFN5O2S/c1-33(31,32)30-21-9-16(12-29-23(21)24)14-6-7-20-18(8-14)22(17(10-26)13-27-20)28-11-15-4-2-3-5-19(15)25/h2-9,12-13,30H,11H2,1H3,(H,27,28).